The van der Waals surface area contributed by atoms with Crippen LogP contribution in [-0.2, 0) is 24.1 Å². The molecule has 1 amide bonds. The zero-order chi connectivity index (χ0) is 19.8. The van der Waals surface area contributed by atoms with Crippen molar-refractivity contribution in [3.8, 4) is 5.75 Å². The third kappa shape index (κ3) is 3.27. The molecule has 0 aliphatic heterocycles. The Bertz CT molecular complexity index is 1190. The molecule has 2 heterocycles. The predicted octanol–water partition coefficient (Wildman–Crippen LogP) is 4.12. The lowest BCUT2D eigenvalue weighted by atomic mass is 9.85. The van der Waals surface area contributed by atoms with Crippen LogP contribution in [-0.4, -0.2) is 29.5 Å². The van der Waals surface area contributed by atoms with Crippen LogP contribution >= 0.6 is 0 Å². The normalized spacial score (nSPS) is 16.1. The fourth-order valence-electron chi connectivity index (χ4n) is 4.55. The van der Waals surface area contributed by atoms with Crippen molar-refractivity contribution in [3.63, 3.8) is 0 Å². The Morgan fingerprint density at radius 1 is 1.17 bits per heavy atom. The average Bonchev–Trinajstić information content (AvgIpc) is 3.34. The number of para-hydroxylation sites is 1. The van der Waals surface area contributed by atoms with Crippen molar-refractivity contribution in [3.05, 3.63) is 65.5 Å². The molecule has 1 unspecified atom stereocenters. The molecule has 3 N–H and O–H groups in total. The number of hydrogen-bond acceptors (Lipinski definition) is 2. The van der Waals surface area contributed by atoms with Crippen LogP contribution in [0, 0.1) is 5.92 Å². The molecule has 5 nitrogen and oxygen atoms in total. The van der Waals surface area contributed by atoms with Gasteiger partial charge in [0.05, 0.1) is 7.11 Å². The summed E-state index contributed by atoms with van der Waals surface area (Å²) in [6.07, 6.45) is 5.45. The monoisotopic (exact) mass is 387 g/mol. The van der Waals surface area contributed by atoms with Gasteiger partial charge in [0.25, 0.3) is 0 Å². The topological polar surface area (TPSA) is 69.9 Å². The molecule has 1 aliphatic rings. The van der Waals surface area contributed by atoms with E-state index < -0.39 is 0 Å². The van der Waals surface area contributed by atoms with Gasteiger partial charge in [-0.1, -0.05) is 18.2 Å². The first-order valence-corrected chi connectivity index (χ1v) is 10.2. The van der Waals surface area contributed by atoms with Crippen molar-refractivity contribution in [2.24, 2.45) is 5.92 Å². The highest BCUT2D eigenvalue weighted by molar-refractivity contribution is 5.88. The van der Waals surface area contributed by atoms with Crippen LogP contribution in [0.4, 0.5) is 0 Å². The Labute approximate surface area is 169 Å². The van der Waals surface area contributed by atoms with Gasteiger partial charge in [0.1, 0.15) is 5.75 Å². The van der Waals surface area contributed by atoms with E-state index in [-0.39, 0.29) is 11.8 Å². The van der Waals surface area contributed by atoms with E-state index in [2.05, 4.69) is 39.6 Å². The molecule has 2 aromatic carbocycles. The number of methoxy groups -OCH3 is 1. The van der Waals surface area contributed by atoms with Crippen LogP contribution in [0.3, 0.4) is 0 Å². The summed E-state index contributed by atoms with van der Waals surface area (Å²) in [6, 6.07) is 14.4. The van der Waals surface area contributed by atoms with Crippen molar-refractivity contribution in [1.82, 2.24) is 15.3 Å². The van der Waals surface area contributed by atoms with E-state index in [1.807, 2.05) is 24.4 Å². The zero-order valence-electron chi connectivity index (χ0n) is 16.5. The number of aromatic nitrogens is 2. The smallest absolute Gasteiger partial charge is 0.223 e. The molecule has 2 aromatic heterocycles. The van der Waals surface area contributed by atoms with Crippen LogP contribution in [0.5, 0.6) is 5.75 Å². The number of rotatable bonds is 5. The highest BCUT2D eigenvalue weighted by atomic mass is 16.5. The van der Waals surface area contributed by atoms with Crippen molar-refractivity contribution < 1.29 is 9.53 Å². The predicted molar refractivity (Wildman–Crippen MR) is 115 cm³/mol. The molecule has 0 radical (unpaired) electrons. The number of aromatic amines is 2. The van der Waals surface area contributed by atoms with Crippen molar-refractivity contribution in [2.45, 2.75) is 25.7 Å². The number of nitrogens with one attached hydrogen (secondary N) is 3. The molecule has 1 aliphatic carbocycles. The first-order valence-electron chi connectivity index (χ1n) is 10.2. The first-order chi connectivity index (χ1) is 14.2. The number of aryl methyl sites for hydroxylation is 1. The highest BCUT2D eigenvalue weighted by Crippen LogP contribution is 2.33. The second-order valence-corrected chi connectivity index (χ2v) is 7.83. The highest BCUT2D eigenvalue weighted by Gasteiger charge is 2.27. The van der Waals surface area contributed by atoms with Gasteiger partial charge in [0.2, 0.25) is 5.91 Å². The summed E-state index contributed by atoms with van der Waals surface area (Å²) in [7, 11) is 1.68. The van der Waals surface area contributed by atoms with Gasteiger partial charge in [-0.25, -0.2) is 0 Å². The molecule has 1 atom stereocenters. The van der Waals surface area contributed by atoms with Crippen molar-refractivity contribution in [1.29, 1.82) is 0 Å². The lowest BCUT2D eigenvalue weighted by Gasteiger charge is -2.22. The molecule has 4 aromatic rings. The fraction of sp³-hybridized carbons (Fsp3) is 0.292. The molecule has 148 valence electrons. The van der Waals surface area contributed by atoms with Gasteiger partial charge in [-0.3, -0.25) is 4.79 Å². The maximum Gasteiger partial charge on any atom is 0.223 e. The molecule has 0 bridgehead atoms. The number of carbonyl (C=O) groups is 1. The van der Waals surface area contributed by atoms with Crippen molar-refractivity contribution in [2.75, 3.05) is 13.7 Å². The Morgan fingerprint density at radius 2 is 2.07 bits per heavy atom. The summed E-state index contributed by atoms with van der Waals surface area (Å²) in [5.74, 6) is 1.04. The summed E-state index contributed by atoms with van der Waals surface area (Å²) in [6.45, 7) is 0.658. The number of hydrogen-bond donors (Lipinski definition) is 3. The largest absolute Gasteiger partial charge is 0.497 e. The summed E-state index contributed by atoms with van der Waals surface area (Å²) in [5.41, 5.74) is 6.04. The summed E-state index contributed by atoms with van der Waals surface area (Å²) < 4.78 is 5.38. The van der Waals surface area contributed by atoms with Gasteiger partial charge in [-0.15, -0.1) is 0 Å². The van der Waals surface area contributed by atoms with Crippen LogP contribution < -0.4 is 10.1 Å². The van der Waals surface area contributed by atoms with Gasteiger partial charge < -0.3 is 20.0 Å². The van der Waals surface area contributed by atoms with E-state index in [1.54, 1.807) is 7.11 Å². The Kier molecular flexibility index (Phi) is 4.51. The minimum absolute atomic E-state index is 0.0238. The molecular weight excluding hydrogens is 362 g/mol. The minimum atomic E-state index is 0.0238. The van der Waals surface area contributed by atoms with E-state index in [1.165, 1.54) is 27.6 Å². The van der Waals surface area contributed by atoms with E-state index in [4.69, 9.17) is 4.74 Å². The second-order valence-electron chi connectivity index (χ2n) is 7.83. The molecule has 0 fully saturated rings. The van der Waals surface area contributed by atoms with Crippen molar-refractivity contribution >= 4 is 27.7 Å². The number of ether oxygens (including phenoxy) is 1. The maximum atomic E-state index is 12.8. The second kappa shape index (κ2) is 7.32. The van der Waals surface area contributed by atoms with Crippen LogP contribution in [0.15, 0.2) is 48.7 Å². The average molecular weight is 387 g/mol. The molecule has 0 saturated heterocycles. The van der Waals surface area contributed by atoms with Crippen LogP contribution in [0.1, 0.15) is 23.2 Å². The van der Waals surface area contributed by atoms with Gasteiger partial charge in [-0.2, -0.15) is 0 Å². The molecular formula is C24H25N3O2. The Morgan fingerprint density at radius 3 is 2.97 bits per heavy atom. The van der Waals surface area contributed by atoms with Gasteiger partial charge in [0.15, 0.2) is 0 Å². The number of carbonyl (C=O) groups excluding carboxylic acids is 1. The summed E-state index contributed by atoms with van der Waals surface area (Å²) in [4.78, 5) is 19.6. The maximum absolute atomic E-state index is 12.8. The third-order valence-electron chi connectivity index (χ3n) is 6.13. The number of fused-ring (bicyclic) bond motifs is 4. The number of H-pyrrole nitrogens is 2. The quantitative estimate of drug-likeness (QED) is 0.482. The lowest BCUT2D eigenvalue weighted by molar-refractivity contribution is -0.125. The standard InChI is InChI=1S/C24H25N3O2/c1-29-17-7-9-23-20(13-17)19-12-15(6-8-22(19)27-23)24(28)25-11-10-16-14-26-21-5-3-2-4-18(16)21/h2-5,7,9,13-15,26-27H,6,8,10-12H2,1H3,(H,25,28). The minimum Gasteiger partial charge on any atom is -0.497 e. The van der Waals surface area contributed by atoms with E-state index in [0.29, 0.717) is 6.54 Å². The molecule has 5 rings (SSSR count). The molecule has 0 spiro atoms. The number of amides is 1. The Balaban J connectivity index is 1.26. The molecule has 0 saturated carbocycles. The summed E-state index contributed by atoms with van der Waals surface area (Å²) in [5, 5.41) is 5.57. The third-order valence-corrected chi connectivity index (χ3v) is 6.13. The molecule has 5 heteroatoms. The first kappa shape index (κ1) is 17.9. The van der Waals surface area contributed by atoms with E-state index >= 15 is 0 Å². The van der Waals surface area contributed by atoms with Gasteiger partial charge >= 0.3 is 0 Å². The van der Waals surface area contributed by atoms with Crippen LogP contribution in [0.25, 0.3) is 21.8 Å². The van der Waals surface area contributed by atoms with E-state index in [9.17, 15) is 4.79 Å². The zero-order valence-corrected chi connectivity index (χ0v) is 16.5. The van der Waals surface area contributed by atoms with Crippen LogP contribution in [0.2, 0.25) is 0 Å². The van der Waals surface area contributed by atoms with Gasteiger partial charge in [-0.05, 0) is 61.1 Å². The Hall–Kier alpha value is -3.21. The van der Waals surface area contributed by atoms with E-state index in [0.717, 1.165) is 42.5 Å². The molecule has 29 heavy (non-hydrogen) atoms. The van der Waals surface area contributed by atoms with Gasteiger partial charge in [0, 0.05) is 46.2 Å². The lowest BCUT2D eigenvalue weighted by Crippen LogP contribution is -2.35. The SMILES string of the molecule is COc1ccc2[nH]c3c(c2c1)CC(C(=O)NCCc1c[nH]c2ccccc12)CC3. The number of benzene rings is 2. The summed E-state index contributed by atoms with van der Waals surface area (Å²) >= 11 is 0. The fourth-order valence-corrected chi connectivity index (χ4v) is 4.55.